The third-order valence-electron chi connectivity index (χ3n) is 3.12. The molecule has 0 radical (unpaired) electrons. The Morgan fingerprint density at radius 3 is 2.83 bits per heavy atom. The molecular weight excluding hydrogens is 230 g/mol. The fraction of sp³-hybridized carbons (Fsp3) is 0.538. The van der Waals surface area contributed by atoms with E-state index in [1.165, 1.54) is 0 Å². The quantitative estimate of drug-likeness (QED) is 0.852. The molecule has 2 aromatic heterocycles. The van der Waals surface area contributed by atoms with E-state index in [1.807, 2.05) is 6.07 Å². The van der Waals surface area contributed by atoms with Gasteiger partial charge in [-0.25, -0.2) is 0 Å². The van der Waals surface area contributed by atoms with Crippen LogP contribution in [0.3, 0.4) is 0 Å². The molecule has 5 heteroatoms. The van der Waals surface area contributed by atoms with E-state index in [4.69, 9.17) is 8.94 Å². The smallest absolute Gasteiger partial charge is 0.231 e. The van der Waals surface area contributed by atoms with Crippen molar-refractivity contribution in [2.45, 2.75) is 39.2 Å². The molecule has 2 unspecified atom stereocenters. The van der Waals surface area contributed by atoms with Crippen LogP contribution in [0.2, 0.25) is 0 Å². The highest BCUT2D eigenvalue weighted by Crippen LogP contribution is 2.23. The third-order valence-corrected chi connectivity index (χ3v) is 3.12. The molecule has 0 bridgehead atoms. The minimum Gasteiger partial charge on any atom is -0.472 e. The normalized spacial score (nSPS) is 14.6. The van der Waals surface area contributed by atoms with Crippen LogP contribution in [0.15, 0.2) is 27.5 Å². The highest BCUT2D eigenvalue weighted by molar-refractivity contribution is 5.51. The van der Waals surface area contributed by atoms with E-state index in [0.717, 1.165) is 18.5 Å². The van der Waals surface area contributed by atoms with Crippen LogP contribution in [0.5, 0.6) is 0 Å². The second kappa shape index (κ2) is 5.82. The topological polar surface area (TPSA) is 64.1 Å². The van der Waals surface area contributed by atoms with Crippen LogP contribution in [0.4, 0.5) is 0 Å². The fourth-order valence-corrected chi connectivity index (χ4v) is 2.04. The van der Waals surface area contributed by atoms with Crippen LogP contribution in [0, 0.1) is 0 Å². The molecule has 0 spiro atoms. The van der Waals surface area contributed by atoms with Gasteiger partial charge in [0.2, 0.25) is 11.7 Å². The minimum atomic E-state index is 0.197. The number of hydrogen-bond donors (Lipinski definition) is 1. The molecule has 18 heavy (non-hydrogen) atoms. The molecule has 0 aliphatic heterocycles. The Morgan fingerprint density at radius 2 is 2.22 bits per heavy atom. The highest BCUT2D eigenvalue weighted by atomic mass is 16.5. The zero-order valence-electron chi connectivity index (χ0n) is 11.0. The Bertz CT molecular complexity index is 464. The van der Waals surface area contributed by atoms with Gasteiger partial charge in [0.05, 0.1) is 17.7 Å². The van der Waals surface area contributed by atoms with Crippen LogP contribution < -0.4 is 5.32 Å². The largest absolute Gasteiger partial charge is 0.472 e. The molecule has 2 heterocycles. The summed E-state index contributed by atoms with van der Waals surface area (Å²) >= 11 is 0. The van der Waals surface area contributed by atoms with E-state index in [0.29, 0.717) is 17.8 Å². The standard InChI is InChI=1S/C13H19N3O2/c1-4-11(14-5-2)9(3)13-15-12(16-18-13)10-6-7-17-8-10/h6-9,11,14H,4-5H2,1-3H3. The molecule has 0 amide bonds. The Labute approximate surface area is 107 Å². The van der Waals surface area contributed by atoms with Crippen LogP contribution in [0.1, 0.15) is 39.0 Å². The van der Waals surface area contributed by atoms with Crippen molar-refractivity contribution in [2.75, 3.05) is 6.54 Å². The average molecular weight is 249 g/mol. The zero-order chi connectivity index (χ0) is 13.0. The molecule has 98 valence electrons. The maximum absolute atomic E-state index is 5.34. The summed E-state index contributed by atoms with van der Waals surface area (Å²) in [5.74, 6) is 1.44. The molecule has 0 aliphatic rings. The van der Waals surface area contributed by atoms with Gasteiger partial charge in [0.1, 0.15) is 6.26 Å². The van der Waals surface area contributed by atoms with Gasteiger partial charge in [0.15, 0.2) is 0 Å². The van der Waals surface area contributed by atoms with E-state index in [2.05, 4.69) is 36.2 Å². The second-order valence-electron chi connectivity index (χ2n) is 4.33. The summed E-state index contributed by atoms with van der Waals surface area (Å²) in [5.41, 5.74) is 0.841. The Hall–Kier alpha value is -1.62. The lowest BCUT2D eigenvalue weighted by Crippen LogP contribution is -2.33. The van der Waals surface area contributed by atoms with Gasteiger partial charge in [-0.3, -0.25) is 0 Å². The first-order chi connectivity index (χ1) is 8.76. The fourth-order valence-electron chi connectivity index (χ4n) is 2.04. The molecule has 1 N–H and O–H groups in total. The highest BCUT2D eigenvalue weighted by Gasteiger charge is 2.22. The maximum Gasteiger partial charge on any atom is 0.231 e. The van der Waals surface area contributed by atoms with Crippen molar-refractivity contribution in [1.29, 1.82) is 0 Å². The SMILES string of the molecule is CCNC(CC)C(C)c1nc(-c2ccoc2)no1. The Kier molecular flexibility index (Phi) is 4.15. The van der Waals surface area contributed by atoms with Crippen molar-refractivity contribution in [1.82, 2.24) is 15.5 Å². The second-order valence-corrected chi connectivity index (χ2v) is 4.33. The lowest BCUT2D eigenvalue weighted by Gasteiger charge is -2.20. The van der Waals surface area contributed by atoms with Crippen molar-refractivity contribution in [3.8, 4) is 11.4 Å². The van der Waals surface area contributed by atoms with Gasteiger partial charge in [-0.15, -0.1) is 0 Å². The predicted molar refractivity (Wildman–Crippen MR) is 68.2 cm³/mol. The Morgan fingerprint density at radius 1 is 1.39 bits per heavy atom. The number of aromatic nitrogens is 2. The van der Waals surface area contributed by atoms with Crippen molar-refractivity contribution in [3.05, 3.63) is 24.5 Å². The molecule has 2 atom stereocenters. The molecule has 0 aromatic carbocycles. The maximum atomic E-state index is 5.34. The van der Waals surface area contributed by atoms with Crippen LogP contribution in [0.25, 0.3) is 11.4 Å². The minimum absolute atomic E-state index is 0.197. The first kappa shape index (κ1) is 12.8. The summed E-state index contributed by atoms with van der Waals surface area (Å²) in [5, 5.41) is 7.41. The van der Waals surface area contributed by atoms with Gasteiger partial charge in [-0.1, -0.05) is 25.9 Å². The average Bonchev–Trinajstić information content (AvgIpc) is 3.04. The number of nitrogens with one attached hydrogen (secondary N) is 1. The van der Waals surface area contributed by atoms with E-state index in [1.54, 1.807) is 12.5 Å². The molecule has 2 rings (SSSR count). The molecule has 0 fully saturated rings. The van der Waals surface area contributed by atoms with Crippen molar-refractivity contribution in [3.63, 3.8) is 0 Å². The summed E-state index contributed by atoms with van der Waals surface area (Å²) < 4.78 is 10.3. The van der Waals surface area contributed by atoms with E-state index >= 15 is 0 Å². The summed E-state index contributed by atoms with van der Waals surface area (Å²) in [6.45, 7) is 7.28. The molecule has 0 saturated heterocycles. The van der Waals surface area contributed by atoms with Gasteiger partial charge in [-0.05, 0) is 19.0 Å². The van der Waals surface area contributed by atoms with E-state index in [-0.39, 0.29) is 5.92 Å². The van der Waals surface area contributed by atoms with Crippen molar-refractivity contribution in [2.24, 2.45) is 0 Å². The summed E-state index contributed by atoms with van der Waals surface area (Å²) in [6, 6.07) is 2.17. The summed E-state index contributed by atoms with van der Waals surface area (Å²) in [4.78, 5) is 4.43. The molecule has 2 aromatic rings. The van der Waals surface area contributed by atoms with Gasteiger partial charge in [-0.2, -0.15) is 4.98 Å². The number of furan rings is 1. The predicted octanol–water partition coefficient (Wildman–Crippen LogP) is 2.82. The Balaban J connectivity index is 2.14. The van der Waals surface area contributed by atoms with Crippen LogP contribution in [-0.2, 0) is 0 Å². The zero-order valence-corrected chi connectivity index (χ0v) is 11.0. The lowest BCUT2D eigenvalue weighted by molar-refractivity contribution is 0.321. The lowest BCUT2D eigenvalue weighted by atomic mass is 9.99. The summed E-state index contributed by atoms with van der Waals surface area (Å²) in [6.07, 6.45) is 4.24. The molecule has 0 aliphatic carbocycles. The first-order valence-electron chi connectivity index (χ1n) is 6.35. The van der Waals surface area contributed by atoms with Crippen molar-refractivity contribution >= 4 is 0 Å². The van der Waals surface area contributed by atoms with Gasteiger partial charge in [0.25, 0.3) is 0 Å². The molecule has 5 nitrogen and oxygen atoms in total. The van der Waals surface area contributed by atoms with Gasteiger partial charge < -0.3 is 14.3 Å². The number of nitrogens with zero attached hydrogens (tertiary/aromatic N) is 2. The third kappa shape index (κ3) is 2.61. The molecule has 0 saturated carbocycles. The number of hydrogen-bond acceptors (Lipinski definition) is 5. The number of likely N-dealkylation sites (N-methyl/N-ethyl adjacent to an activating group) is 1. The molecular formula is C13H19N3O2. The van der Waals surface area contributed by atoms with Crippen LogP contribution in [-0.4, -0.2) is 22.7 Å². The van der Waals surface area contributed by atoms with Gasteiger partial charge >= 0.3 is 0 Å². The van der Waals surface area contributed by atoms with E-state index < -0.39 is 0 Å². The van der Waals surface area contributed by atoms with Crippen LogP contribution >= 0.6 is 0 Å². The monoisotopic (exact) mass is 249 g/mol. The first-order valence-corrected chi connectivity index (χ1v) is 6.35. The number of rotatable bonds is 6. The van der Waals surface area contributed by atoms with Crippen molar-refractivity contribution < 1.29 is 8.94 Å². The summed E-state index contributed by atoms with van der Waals surface area (Å²) in [7, 11) is 0. The van der Waals surface area contributed by atoms with E-state index in [9.17, 15) is 0 Å². The van der Waals surface area contributed by atoms with Gasteiger partial charge in [0, 0.05) is 6.04 Å².